The largest absolute Gasteiger partial charge is 0.381 e. The molecule has 1 saturated heterocycles. The summed E-state index contributed by atoms with van der Waals surface area (Å²) in [5.41, 5.74) is 0. The zero-order valence-corrected chi connectivity index (χ0v) is 9.93. The van der Waals surface area contributed by atoms with Crippen molar-refractivity contribution in [3.05, 3.63) is 16.6 Å². The highest BCUT2D eigenvalue weighted by Crippen LogP contribution is 2.20. The standard InChI is InChI=1S/C11H18N2OS/c1-2-12-10-3-5-14-8-9(10)7-11-13-4-6-15-11/h4,6,9-10,12H,2-3,5,7-8H2,1H3. The number of aromatic nitrogens is 1. The van der Waals surface area contributed by atoms with Crippen LogP contribution in [0.25, 0.3) is 0 Å². The van der Waals surface area contributed by atoms with Crippen LogP contribution >= 0.6 is 11.3 Å². The van der Waals surface area contributed by atoms with E-state index in [1.807, 2.05) is 11.6 Å². The Kier molecular flexibility index (Phi) is 4.11. The van der Waals surface area contributed by atoms with Gasteiger partial charge in [-0.2, -0.15) is 0 Å². The zero-order chi connectivity index (χ0) is 10.5. The van der Waals surface area contributed by atoms with Crippen LogP contribution in [-0.2, 0) is 11.2 Å². The summed E-state index contributed by atoms with van der Waals surface area (Å²) >= 11 is 1.74. The van der Waals surface area contributed by atoms with Gasteiger partial charge < -0.3 is 10.1 Å². The van der Waals surface area contributed by atoms with Crippen LogP contribution < -0.4 is 5.32 Å². The van der Waals surface area contributed by atoms with E-state index in [1.165, 1.54) is 5.01 Å². The number of rotatable bonds is 4. The van der Waals surface area contributed by atoms with Gasteiger partial charge >= 0.3 is 0 Å². The van der Waals surface area contributed by atoms with Crippen LogP contribution in [0.5, 0.6) is 0 Å². The van der Waals surface area contributed by atoms with Crippen molar-refractivity contribution in [2.75, 3.05) is 19.8 Å². The van der Waals surface area contributed by atoms with E-state index in [0.717, 1.165) is 32.6 Å². The van der Waals surface area contributed by atoms with Crippen molar-refractivity contribution in [3.63, 3.8) is 0 Å². The molecule has 4 heteroatoms. The summed E-state index contributed by atoms with van der Waals surface area (Å²) in [6.45, 7) is 4.97. The first kappa shape index (κ1) is 11.0. The Morgan fingerprint density at radius 3 is 3.33 bits per heavy atom. The first-order chi connectivity index (χ1) is 7.40. The predicted octanol–water partition coefficient (Wildman–Crippen LogP) is 1.70. The first-order valence-corrected chi connectivity index (χ1v) is 6.47. The molecule has 1 fully saturated rings. The van der Waals surface area contributed by atoms with Crippen molar-refractivity contribution < 1.29 is 4.74 Å². The van der Waals surface area contributed by atoms with Crippen molar-refractivity contribution >= 4 is 11.3 Å². The molecule has 0 radical (unpaired) electrons. The van der Waals surface area contributed by atoms with Crippen LogP contribution in [0.4, 0.5) is 0 Å². The zero-order valence-electron chi connectivity index (χ0n) is 9.11. The van der Waals surface area contributed by atoms with E-state index < -0.39 is 0 Å². The molecule has 1 aromatic rings. The van der Waals surface area contributed by atoms with Gasteiger partial charge in [-0.15, -0.1) is 11.3 Å². The summed E-state index contributed by atoms with van der Waals surface area (Å²) in [6, 6.07) is 0.604. The Morgan fingerprint density at radius 2 is 2.60 bits per heavy atom. The summed E-state index contributed by atoms with van der Waals surface area (Å²) < 4.78 is 5.54. The fourth-order valence-electron chi connectivity index (χ4n) is 2.11. The Bertz CT molecular complexity index is 274. The molecular weight excluding hydrogens is 208 g/mol. The Morgan fingerprint density at radius 1 is 1.67 bits per heavy atom. The molecule has 2 unspecified atom stereocenters. The van der Waals surface area contributed by atoms with E-state index in [-0.39, 0.29) is 0 Å². The van der Waals surface area contributed by atoms with Gasteiger partial charge in [-0.1, -0.05) is 6.92 Å². The Balaban J connectivity index is 1.92. The third-order valence-electron chi connectivity index (χ3n) is 2.86. The normalized spacial score (nSPS) is 26.7. The number of nitrogens with one attached hydrogen (secondary N) is 1. The van der Waals surface area contributed by atoms with E-state index in [0.29, 0.717) is 12.0 Å². The van der Waals surface area contributed by atoms with Crippen LogP contribution in [0.1, 0.15) is 18.4 Å². The second kappa shape index (κ2) is 5.58. The van der Waals surface area contributed by atoms with Gasteiger partial charge in [-0.05, 0) is 13.0 Å². The lowest BCUT2D eigenvalue weighted by molar-refractivity contribution is 0.0326. The Labute approximate surface area is 94.9 Å². The van der Waals surface area contributed by atoms with Gasteiger partial charge in [0, 0.05) is 36.6 Å². The molecule has 2 heterocycles. The molecule has 0 saturated carbocycles. The molecule has 0 bridgehead atoms. The summed E-state index contributed by atoms with van der Waals surface area (Å²) in [5.74, 6) is 0.588. The fraction of sp³-hybridized carbons (Fsp3) is 0.727. The maximum Gasteiger partial charge on any atom is 0.0929 e. The van der Waals surface area contributed by atoms with Crippen molar-refractivity contribution in [3.8, 4) is 0 Å². The molecule has 0 aliphatic carbocycles. The van der Waals surface area contributed by atoms with Gasteiger partial charge in [-0.3, -0.25) is 0 Å². The molecule has 1 N–H and O–H groups in total. The van der Waals surface area contributed by atoms with Gasteiger partial charge in [0.25, 0.3) is 0 Å². The summed E-state index contributed by atoms with van der Waals surface area (Å²) in [5, 5.41) is 6.82. The van der Waals surface area contributed by atoms with Crippen molar-refractivity contribution in [1.29, 1.82) is 0 Å². The lowest BCUT2D eigenvalue weighted by Crippen LogP contribution is -2.43. The van der Waals surface area contributed by atoms with Crippen LogP contribution in [0.15, 0.2) is 11.6 Å². The van der Waals surface area contributed by atoms with Crippen LogP contribution in [0.3, 0.4) is 0 Å². The molecule has 0 spiro atoms. The summed E-state index contributed by atoms with van der Waals surface area (Å²) in [6.07, 6.45) is 4.06. The molecule has 0 amide bonds. The average Bonchev–Trinajstić information content (AvgIpc) is 2.74. The second-order valence-corrected chi connectivity index (χ2v) is 4.90. The van der Waals surface area contributed by atoms with Crippen LogP contribution in [0, 0.1) is 5.92 Å². The number of nitrogens with zero attached hydrogens (tertiary/aromatic N) is 1. The third kappa shape index (κ3) is 3.00. The van der Waals surface area contributed by atoms with E-state index in [2.05, 4.69) is 17.2 Å². The van der Waals surface area contributed by atoms with Crippen molar-refractivity contribution in [1.82, 2.24) is 10.3 Å². The minimum atomic E-state index is 0.588. The van der Waals surface area contributed by atoms with Gasteiger partial charge in [-0.25, -0.2) is 4.98 Å². The van der Waals surface area contributed by atoms with Gasteiger partial charge in [0.15, 0.2) is 0 Å². The van der Waals surface area contributed by atoms with Gasteiger partial charge in [0.2, 0.25) is 0 Å². The molecule has 2 rings (SSSR count). The lowest BCUT2D eigenvalue weighted by atomic mass is 9.93. The number of hydrogen-bond donors (Lipinski definition) is 1. The number of hydrogen-bond acceptors (Lipinski definition) is 4. The van der Waals surface area contributed by atoms with Gasteiger partial charge in [0.1, 0.15) is 0 Å². The van der Waals surface area contributed by atoms with E-state index in [1.54, 1.807) is 11.3 Å². The quantitative estimate of drug-likeness (QED) is 0.848. The van der Waals surface area contributed by atoms with Gasteiger partial charge in [0.05, 0.1) is 11.6 Å². The highest BCUT2D eigenvalue weighted by Gasteiger charge is 2.25. The smallest absolute Gasteiger partial charge is 0.0929 e. The fourth-order valence-corrected chi connectivity index (χ4v) is 2.82. The molecule has 2 atom stereocenters. The molecule has 1 aliphatic heterocycles. The number of thiazole rings is 1. The average molecular weight is 226 g/mol. The molecule has 1 aliphatic rings. The maximum atomic E-state index is 5.54. The minimum absolute atomic E-state index is 0.588. The minimum Gasteiger partial charge on any atom is -0.381 e. The lowest BCUT2D eigenvalue weighted by Gasteiger charge is -2.31. The number of ether oxygens (including phenoxy) is 1. The van der Waals surface area contributed by atoms with E-state index >= 15 is 0 Å². The SMILES string of the molecule is CCNC1CCOCC1Cc1nccs1. The summed E-state index contributed by atoms with van der Waals surface area (Å²) in [4.78, 5) is 4.34. The van der Waals surface area contributed by atoms with Crippen LogP contribution in [-0.4, -0.2) is 30.8 Å². The Hall–Kier alpha value is -0.450. The summed E-state index contributed by atoms with van der Waals surface area (Å²) in [7, 11) is 0. The molecule has 1 aromatic heterocycles. The molecular formula is C11H18N2OS. The van der Waals surface area contributed by atoms with E-state index in [4.69, 9.17) is 4.74 Å². The van der Waals surface area contributed by atoms with Crippen molar-refractivity contribution in [2.24, 2.45) is 5.92 Å². The molecule has 0 aromatic carbocycles. The highest BCUT2D eigenvalue weighted by atomic mass is 32.1. The predicted molar refractivity (Wildman–Crippen MR) is 62.2 cm³/mol. The third-order valence-corrected chi connectivity index (χ3v) is 3.66. The van der Waals surface area contributed by atoms with Crippen LogP contribution in [0.2, 0.25) is 0 Å². The maximum absolute atomic E-state index is 5.54. The topological polar surface area (TPSA) is 34.1 Å². The second-order valence-electron chi connectivity index (χ2n) is 3.92. The molecule has 84 valence electrons. The van der Waals surface area contributed by atoms with Crippen molar-refractivity contribution in [2.45, 2.75) is 25.8 Å². The highest BCUT2D eigenvalue weighted by molar-refractivity contribution is 7.09. The monoisotopic (exact) mass is 226 g/mol. The first-order valence-electron chi connectivity index (χ1n) is 5.59. The molecule has 15 heavy (non-hydrogen) atoms. The van der Waals surface area contributed by atoms with E-state index in [9.17, 15) is 0 Å². The molecule has 3 nitrogen and oxygen atoms in total.